The van der Waals surface area contributed by atoms with Crippen LogP contribution in [0.5, 0.6) is 5.75 Å². The maximum Gasteiger partial charge on any atom is 0.302 e. The molecule has 13 heteroatoms. The van der Waals surface area contributed by atoms with Gasteiger partial charge in [-0.2, -0.15) is 13.9 Å². The maximum absolute atomic E-state index is 13.5. The second-order valence-corrected chi connectivity index (χ2v) is 12.0. The Labute approximate surface area is 265 Å². The number of rotatable bonds is 12. The molecule has 3 unspecified atom stereocenters. The van der Waals surface area contributed by atoms with E-state index in [0.717, 1.165) is 30.4 Å². The Morgan fingerprint density at radius 1 is 1.16 bits per heavy atom. The quantitative estimate of drug-likeness (QED) is 0.0951. The van der Waals surface area contributed by atoms with E-state index in [1.807, 2.05) is 10.9 Å². The molecule has 0 aliphatic heterocycles. The van der Waals surface area contributed by atoms with Gasteiger partial charge in [-0.1, -0.05) is 18.2 Å². The monoisotopic (exact) mass is 638 g/mol. The average molecular weight is 639 g/mol. The molecule has 0 radical (unpaired) electrons. The predicted octanol–water partition coefficient (Wildman–Crippen LogP) is 7.20. The van der Waals surface area contributed by atoms with Gasteiger partial charge >= 0.3 is 5.76 Å². The Kier molecular flexibility index (Phi) is 9.88. The van der Waals surface area contributed by atoms with Crippen molar-refractivity contribution in [2.45, 2.75) is 50.1 Å². The van der Waals surface area contributed by atoms with Crippen LogP contribution in [-0.2, 0) is 0 Å². The topological polar surface area (TPSA) is 117 Å². The first-order valence-electron chi connectivity index (χ1n) is 14.6. The molecule has 1 saturated carbocycles. The summed E-state index contributed by atoms with van der Waals surface area (Å²) in [5, 5.41) is 17.1. The second-order valence-electron chi connectivity index (χ2n) is 11.2. The molecule has 5 N–H and O–H groups in total. The second kappa shape index (κ2) is 13.8. The van der Waals surface area contributed by atoms with E-state index in [-0.39, 0.29) is 35.0 Å². The molecule has 2 aromatic carbocycles. The SMILES string of the molecule is CNc1c(-c2cnn(C3CCC(N(C)C)C3)c2)cnc(N)c1C(=N)c1ccc(NSC(F)F)c(OC(C)c2ccc(F)cc2)c1. The lowest BCUT2D eigenvalue weighted by molar-refractivity contribution is 0.228. The van der Waals surface area contributed by atoms with Crippen LogP contribution in [0, 0.1) is 11.2 Å². The van der Waals surface area contributed by atoms with Gasteiger partial charge in [-0.3, -0.25) is 10.1 Å². The Hall–Kier alpha value is -4.23. The van der Waals surface area contributed by atoms with Gasteiger partial charge in [-0.15, -0.1) is 0 Å². The van der Waals surface area contributed by atoms with Crippen molar-refractivity contribution in [3.63, 3.8) is 0 Å². The third-order valence-electron chi connectivity index (χ3n) is 8.17. The van der Waals surface area contributed by atoms with Crippen LogP contribution in [0.3, 0.4) is 0 Å². The van der Waals surface area contributed by atoms with Crippen LogP contribution < -0.4 is 20.5 Å². The number of nitrogens with two attached hydrogens (primary N) is 1. The van der Waals surface area contributed by atoms with Crippen LogP contribution in [0.1, 0.15) is 55.0 Å². The van der Waals surface area contributed by atoms with Crippen LogP contribution in [0.25, 0.3) is 11.1 Å². The Morgan fingerprint density at radius 3 is 2.58 bits per heavy atom. The summed E-state index contributed by atoms with van der Waals surface area (Å²) in [5.41, 5.74) is 10.4. The van der Waals surface area contributed by atoms with E-state index in [0.29, 0.717) is 40.1 Å². The van der Waals surface area contributed by atoms with Crippen molar-refractivity contribution in [1.29, 1.82) is 5.41 Å². The first kappa shape index (κ1) is 32.2. The van der Waals surface area contributed by atoms with E-state index in [9.17, 15) is 18.6 Å². The number of aromatic nitrogens is 3. The number of nitrogen functional groups attached to an aromatic ring is 1. The number of nitrogens with zero attached hydrogens (tertiary/aromatic N) is 4. The highest BCUT2D eigenvalue weighted by molar-refractivity contribution is 8.00. The van der Waals surface area contributed by atoms with Gasteiger partial charge in [0.15, 0.2) is 0 Å². The fourth-order valence-corrected chi connectivity index (χ4v) is 6.07. The number of halogens is 3. The number of anilines is 3. The van der Waals surface area contributed by atoms with Crippen LogP contribution in [0.15, 0.2) is 61.1 Å². The molecular formula is C32H37F3N8OS. The van der Waals surface area contributed by atoms with E-state index >= 15 is 0 Å². The minimum absolute atomic E-state index is 0.0653. The van der Waals surface area contributed by atoms with Gasteiger partial charge in [-0.05, 0) is 70.1 Å². The Morgan fingerprint density at radius 2 is 1.91 bits per heavy atom. The minimum Gasteiger partial charge on any atom is -0.484 e. The smallest absolute Gasteiger partial charge is 0.302 e. The standard InChI is InChI=1S/C32H37F3N8OS/c1-18(19-5-8-22(33)9-6-19)44-27-13-20(7-12-26(27)41-45-32(34)35)29(36)28-30(38-2)25(16-39-31(28)37)21-15-40-43(17-21)24-11-10-23(14-24)42(3)4/h5-9,12-13,15-18,23-24,32,36,41H,10-11,14H2,1-4H3,(H3,37,38,39). The molecule has 2 aromatic heterocycles. The van der Waals surface area contributed by atoms with Gasteiger partial charge in [0.1, 0.15) is 23.5 Å². The van der Waals surface area contributed by atoms with Gasteiger partial charge in [0, 0.05) is 54.1 Å². The lowest BCUT2D eigenvalue weighted by Crippen LogP contribution is -2.25. The molecule has 0 saturated heterocycles. The molecule has 45 heavy (non-hydrogen) atoms. The summed E-state index contributed by atoms with van der Waals surface area (Å²) in [6, 6.07) is 11.5. The van der Waals surface area contributed by atoms with Crippen molar-refractivity contribution in [1.82, 2.24) is 19.7 Å². The Balaban J connectivity index is 1.47. The first-order chi connectivity index (χ1) is 21.5. The summed E-state index contributed by atoms with van der Waals surface area (Å²) in [5.74, 6) is -2.65. The third-order valence-corrected chi connectivity index (χ3v) is 8.69. The van der Waals surface area contributed by atoms with Crippen LogP contribution in [0.2, 0.25) is 0 Å². The molecule has 4 aromatic rings. The molecular weight excluding hydrogens is 601 g/mol. The lowest BCUT2D eigenvalue weighted by atomic mass is 9.97. The molecule has 5 rings (SSSR count). The number of hydrogen-bond donors (Lipinski definition) is 4. The molecule has 1 aliphatic carbocycles. The summed E-state index contributed by atoms with van der Waals surface area (Å²) < 4.78 is 50.4. The van der Waals surface area contributed by atoms with E-state index in [4.69, 9.17) is 10.5 Å². The summed E-state index contributed by atoms with van der Waals surface area (Å²) in [6.45, 7) is 1.77. The molecule has 1 fully saturated rings. The van der Waals surface area contributed by atoms with Crippen LogP contribution >= 0.6 is 11.9 Å². The van der Waals surface area contributed by atoms with Crippen LogP contribution in [-0.4, -0.2) is 58.3 Å². The fraction of sp³-hybridized carbons (Fsp3) is 0.344. The number of hydrogen-bond acceptors (Lipinski definition) is 9. The van der Waals surface area contributed by atoms with Crippen LogP contribution in [0.4, 0.5) is 30.4 Å². The van der Waals surface area contributed by atoms with Gasteiger partial charge in [0.25, 0.3) is 0 Å². The first-order valence-corrected chi connectivity index (χ1v) is 15.5. The summed E-state index contributed by atoms with van der Waals surface area (Å²) in [6.07, 6.45) is 8.12. The van der Waals surface area contributed by atoms with Gasteiger partial charge in [-0.25, -0.2) is 9.37 Å². The third kappa shape index (κ3) is 7.20. The van der Waals surface area contributed by atoms with E-state index in [1.165, 1.54) is 12.1 Å². The summed E-state index contributed by atoms with van der Waals surface area (Å²) >= 11 is 0.238. The molecule has 0 bridgehead atoms. The molecule has 2 heterocycles. The van der Waals surface area contributed by atoms with Crippen molar-refractivity contribution >= 4 is 34.9 Å². The molecule has 238 valence electrons. The Bertz CT molecular complexity index is 1650. The molecule has 1 aliphatic rings. The summed E-state index contributed by atoms with van der Waals surface area (Å²) in [4.78, 5) is 6.68. The van der Waals surface area contributed by atoms with Gasteiger partial charge in [0.05, 0.1) is 34.9 Å². The van der Waals surface area contributed by atoms with E-state index in [2.05, 4.69) is 39.1 Å². The molecule has 3 atom stereocenters. The van der Waals surface area contributed by atoms with Crippen molar-refractivity contribution in [3.8, 4) is 16.9 Å². The minimum atomic E-state index is -2.66. The van der Waals surface area contributed by atoms with Gasteiger partial charge in [0.2, 0.25) is 0 Å². The number of ether oxygens (including phenoxy) is 1. The van der Waals surface area contributed by atoms with Gasteiger partial charge < -0.3 is 25.4 Å². The zero-order valence-corrected chi connectivity index (χ0v) is 26.3. The summed E-state index contributed by atoms with van der Waals surface area (Å²) in [7, 11) is 5.96. The van der Waals surface area contributed by atoms with Crippen molar-refractivity contribution in [3.05, 3.63) is 83.6 Å². The van der Waals surface area contributed by atoms with E-state index < -0.39 is 11.9 Å². The zero-order valence-electron chi connectivity index (χ0n) is 25.5. The van der Waals surface area contributed by atoms with Crippen molar-refractivity contribution in [2.24, 2.45) is 0 Å². The number of benzene rings is 2. The maximum atomic E-state index is 13.5. The lowest BCUT2D eigenvalue weighted by Gasteiger charge is -2.20. The highest BCUT2D eigenvalue weighted by Gasteiger charge is 2.28. The number of pyridine rings is 1. The van der Waals surface area contributed by atoms with Crippen molar-refractivity contribution < 1.29 is 17.9 Å². The highest BCUT2D eigenvalue weighted by atomic mass is 32.2. The fourth-order valence-electron chi connectivity index (χ4n) is 5.68. The van der Waals surface area contributed by atoms with Crippen molar-refractivity contribution in [2.75, 3.05) is 36.9 Å². The largest absolute Gasteiger partial charge is 0.484 e. The predicted molar refractivity (Wildman–Crippen MR) is 175 cm³/mol. The normalized spacial score (nSPS) is 17.1. The number of alkyl halides is 2. The van der Waals surface area contributed by atoms with E-state index in [1.54, 1.807) is 56.7 Å². The molecule has 0 amide bonds. The average Bonchev–Trinajstić information content (AvgIpc) is 3.71. The molecule has 0 spiro atoms. The molecule has 9 nitrogen and oxygen atoms in total. The highest BCUT2D eigenvalue weighted by Crippen LogP contribution is 2.39. The zero-order chi connectivity index (χ0) is 32.2. The number of nitrogens with one attached hydrogen (secondary N) is 3.